The molecule has 5 heteroatoms. The van der Waals surface area contributed by atoms with Gasteiger partial charge in [-0.1, -0.05) is 20.3 Å². The predicted molar refractivity (Wildman–Crippen MR) is 130 cm³/mol. The van der Waals surface area contributed by atoms with Crippen LogP contribution in [0.1, 0.15) is 91.4 Å². The molecule has 184 valence electrons. The Morgan fingerprint density at radius 1 is 1.12 bits per heavy atom. The molecule has 0 aromatic heterocycles. The fourth-order valence-electron chi connectivity index (χ4n) is 9.28. The third-order valence-electron chi connectivity index (χ3n) is 10.9. The van der Waals surface area contributed by atoms with Crippen molar-refractivity contribution >= 4 is 0 Å². The fraction of sp³-hybridized carbons (Fsp3) is 0.893. The van der Waals surface area contributed by atoms with Gasteiger partial charge in [0.25, 0.3) is 0 Å². The van der Waals surface area contributed by atoms with Crippen molar-refractivity contribution in [1.29, 1.82) is 5.26 Å². The summed E-state index contributed by atoms with van der Waals surface area (Å²) in [6.07, 6.45) is 14.8. The smallest absolute Gasteiger partial charge is 0.0977 e. The molecule has 0 spiro atoms. The lowest BCUT2D eigenvalue weighted by Crippen LogP contribution is -2.61. The summed E-state index contributed by atoms with van der Waals surface area (Å²) >= 11 is 0. The zero-order valence-corrected chi connectivity index (χ0v) is 21.0. The molecule has 0 unspecified atom stereocenters. The summed E-state index contributed by atoms with van der Waals surface area (Å²) in [5, 5.41) is 35.3. The quantitative estimate of drug-likeness (QED) is 0.633. The monoisotopic (exact) mass is 455 g/mol. The molecule has 33 heavy (non-hydrogen) atoms. The van der Waals surface area contributed by atoms with E-state index in [1.54, 1.807) is 0 Å². The summed E-state index contributed by atoms with van der Waals surface area (Å²) in [7, 11) is 0. The van der Waals surface area contributed by atoms with E-state index in [9.17, 15) is 15.5 Å². The van der Waals surface area contributed by atoms with E-state index >= 15 is 0 Å². The number of nitriles is 1. The Hall–Kier alpha value is -1.09. The van der Waals surface area contributed by atoms with Crippen LogP contribution in [-0.2, 0) is 0 Å². The highest BCUT2D eigenvalue weighted by Gasteiger charge is 2.58. The zero-order valence-electron chi connectivity index (χ0n) is 21.0. The lowest BCUT2D eigenvalue weighted by molar-refractivity contribution is -0.160. The Bertz CT molecular complexity index is 805. The van der Waals surface area contributed by atoms with Crippen molar-refractivity contribution in [3.8, 4) is 6.07 Å². The first-order valence-corrected chi connectivity index (χ1v) is 13.8. The van der Waals surface area contributed by atoms with Gasteiger partial charge in [0.15, 0.2) is 0 Å². The number of nitrogens with zero attached hydrogens (tertiary/aromatic N) is 3. The van der Waals surface area contributed by atoms with Crippen LogP contribution in [0.3, 0.4) is 0 Å². The number of hydrogen-bond donors (Lipinski definition) is 2. The molecule has 0 amide bonds. The minimum absolute atomic E-state index is 0.279. The SMILES string of the molecule is CC[C@@]1(O)CC[C@H]2[C@@H](CC[C@@H]3[C@@H]2CC[C@]2(C)[C@@H](N4CC(C#N)=CN4C[C@@H](C)O)CCC[C@@H]32)C1. The van der Waals surface area contributed by atoms with Crippen LogP contribution in [0.2, 0.25) is 0 Å². The van der Waals surface area contributed by atoms with Crippen LogP contribution in [0.15, 0.2) is 11.8 Å². The molecular weight excluding hydrogens is 410 g/mol. The normalized spacial score (nSPS) is 46.5. The molecule has 0 aromatic carbocycles. The molecule has 5 aliphatic rings. The topological polar surface area (TPSA) is 70.7 Å². The van der Waals surface area contributed by atoms with Gasteiger partial charge in [0.2, 0.25) is 0 Å². The van der Waals surface area contributed by atoms with Crippen LogP contribution in [0, 0.1) is 46.3 Å². The van der Waals surface area contributed by atoms with E-state index in [1.165, 1.54) is 51.4 Å². The molecule has 4 fully saturated rings. The molecule has 0 aromatic rings. The first kappa shape index (κ1) is 23.6. The van der Waals surface area contributed by atoms with Crippen molar-refractivity contribution < 1.29 is 10.2 Å². The molecule has 5 rings (SSSR count). The molecule has 4 saturated carbocycles. The van der Waals surface area contributed by atoms with E-state index in [1.807, 2.05) is 13.1 Å². The number of hydrazine groups is 1. The van der Waals surface area contributed by atoms with E-state index in [2.05, 4.69) is 29.9 Å². The van der Waals surface area contributed by atoms with Gasteiger partial charge in [0.05, 0.1) is 36.4 Å². The summed E-state index contributed by atoms with van der Waals surface area (Å²) in [4.78, 5) is 0. The molecule has 4 aliphatic carbocycles. The molecule has 5 nitrogen and oxygen atoms in total. The molecule has 9 atom stereocenters. The lowest BCUT2D eigenvalue weighted by Gasteiger charge is -2.62. The van der Waals surface area contributed by atoms with Crippen LogP contribution in [0.25, 0.3) is 0 Å². The third-order valence-corrected chi connectivity index (χ3v) is 10.9. The Labute approximate surface area is 200 Å². The first-order chi connectivity index (χ1) is 15.8. The average molecular weight is 456 g/mol. The molecule has 1 heterocycles. The van der Waals surface area contributed by atoms with Crippen molar-refractivity contribution in [2.45, 2.75) is 109 Å². The summed E-state index contributed by atoms with van der Waals surface area (Å²) in [5.74, 6) is 4.00. The lowest BCUT2D eigenvalue weighted by atomic mass is 9.45. The highest BCUT2D eigenvalue weighted by molar-refractivity contribution is 5.26. The van der Waals surface area contributed by atoms with Gasteiger partial charge >= 0.3 is 0 Å². The number of hydrogen-bond acceptors (Lipinski definition) is 5. The molecular formula is C28H45N3O2. The number of β-amino-alcohol motifs (C(OH)–C–C–N with tert-alkyl or cyclic N) is 1. The van der Waals surface area contributed by atoms with Crippen LogP contribution >= 0.6 is 0 Å². The van der Waals surface area contributed by atoms with Crippen LogP contribution < -0.4 is 0 Å². The third kappa shape index (κ3) is 4.05. The minimum atomic E-state index is -0.409. The van der Waals surface area contributed by atoms with Crippen LogP contribution in [-0.4, -0.2) is 51.1 Å². The van der Waals surface area contributed by atoms with Crippen LogP contribution in [0.5, 0.6) is 0 Å². The Balaban J connectivity index is 1.36. The summed E-state index contributed by atoms with van der Waals surface area (Å²) in [6, 6.07) is 2.84. The zero-order chi connectivity index (χ0) is 23.4. The van der Waals surface area contributed by atoms with Crippen molar-refractivity contribution in [3.63, 3.8) is 0 Å². The second-order valence-corrected chi connectivity index (χ2v) is 12.6. The second kappa shape index (κ2) is 8.85. The number of fused-ring (bicyclic) bond motifs is 5. The Morgan fingerprint density at radius 2 is 1.91 bits per heavy atom. The number of aliphatic hydroxyl groups excluding tert-OH is 1. The summed E-state index contributed by atoms with van der Waals surface area (Å²) < 4.78 is 0. The standard InChI is InChI=1S/C28H45N3O2/c1-4-28(33)13-11-22-21(14-28)8-9-24-23(22)10-12-27(3)25(24)6-5-7-26(27)31-18-20(15-29)17-30(31)16-19(2)32/h17,19,21-26,32-33H,4-14,16,18H2,1-3H3/t19-,21+,22+,23-,24-,25+,26+,27+,28-/m1/s1. The highest BCUT2D eigenvalue weighted by Crippen LogP contribution is 2.63. The molecule has 2 N–H and O–H groups in total. The van der Waals surface area contributed by atoms with E-state index in [0.29, 0.717) is 19.1 Å². The van der Waals surface area contributed by atoms with Crippen molar-refractivity contribution in [3.05, 3.63) is 11.8 Å². The summed E-state index contributed by atoms with van der Waals surface area (Å²) in [5.41, 5.74) is 0.698. The molecule has 0 radical (unpaired) electrons. The van der Waals surface area contributed by atoms with E-state index in [-0.39, 0.29) is 5.41 Å². The molecule has 0 saturated heterocycles. The maximum atomic E-state index is 11.0. The van der Waals surface area contributed by atoms with E-state index in [0.717, 1.165) is 54.4 Å². The van der Waals surface area contributed by atoms with Gasteiger partial charge in [0.1, 0.15) is 0 Å². The Kier molecular flexibility index (Phi) is 6.34. The largest absolute Gasteiger partial charge is 0.392 e. The predicted octanol–water partition coefficient (Wildman–Crippen LogP) is 4.86. The van der Waals surface area contributed by atoms with Gasteiger partial charge in [-0.2, -0.15) is 5.26 Å². The average Bonchev–Trinajstić information content (AvgIpc) is 3.19. The van der Waals surface area contributed by atoms with Gasteiger partial charge in [0, 0.05) is 12.2 Å². The molecule has 0 bridgehead atoms. The first-order valence-electron chi connectivity index (χ1n) is 13.8. The van der Waals surface area contributed by atoms with Crippen molar-refractivity contribution in [1.82, 2.24) is 10.0 Å². The van der Waals surface area contributed by atoms with Gasteiger partial charge in [-0.25, -0.2) is 5.01 Å². The van der Waals surface area contributed by atoms with Gasteiger partial charge < -0.3 is 15.2 Å². The second-order valence-electron chi connectivity index (χ2n) is 12.6. The van der Waals surface area contributed by atoms with Crippen molar-refractivity contribution in [2.75, 3.05) is 13.1 Å². The van der Waals surface area contributed by atoms with E-state index < -0.39 is 11.7 Å². The molecule has 1 aliphatic heterocycles. The Morgan fingerprint density at radius 3 is 2.64 bits per heavy atom. The van der Waals surface area contributed by atoms with Gasteiger partial charge in [-0.15, -0.1) is 0 Å². The van der Waals surface area contributed by atoms with Crippen LogP contribution in [0.4, 0.5) is 0 Å². The minimum Gasteiger partial charge on any atom is -0.392 e. The number of rotatable bonds is 4. The fourth-order valence-corrected chi connectivity index (χ4v) is 9.28. The highest BCUT2D eigenvalue weighted by atomic mass is 16.3. The number of aliphatic hydroxyl groups is 2. The summed E-state index contributed by atoms with van der Waals surface area (Å²) in [6.45, 7) is 7.83. The maximum absolute atomic E-state index is 11.0. The van der Waals surface area contributed by atoms with Crippen molar-refractivity contribution in [2.24, 2.45) is 35.0 Å². The van der Waals surface area contributed by atoms with E-state index in [4.69, 9.17) is 0 Å². The van der Waals surface area contributed by atoms with Gasteiger partial charge in [-0.05, 0) is 106 Å². The maximum Gasteiger partial charge on any atom is 0.0977 e. The van der Waals surface area contributed by atoms with Gasteiger partial charge in [-0.3, -0.25) is 0 Å².